The highest BCUT2D eigenvalue weighted by molar-refractivity contribution is 5.76. The zero-order valence-electron chi connectivity index (χ0n) is 25.8. The monoisotopic (exact) mass is 585 g/mol. The molecule has 1 heterocycles. The maximum absolute atomic E-state index is 13.0. The first kappa shape index (κ1) is 33.2. The van der Waals surface area contributed by atoms with Crippen molar-refractivity contribution >= 4 is 12.1 Å². The third kappa shape index (κ3) is 9.91. The van der Waals surface area contributed by atoms with E-state index in [9.17, 15) is 14.7 Å². The zero-order chi connectivity index (χ0) is 30.7. The first-order valence-electron chi connectivity index (χ1n) is 14.7. The van der Waals surface area contributed by atoms with Crippen LogP contribution in [0.1, 0.15) is 58.1 Å². The minimum atomic E-state index is -1.23. The lowest BCUT2D eigenvalue weighted by molar-refractivity contribution is -0.150. The lowest BCUT2D eigenvalue weighted by atomic mass is 9.81. The van der Waals surface area contributed by atoms with E-state index in [-0.39, 0.29) is 18.4 Å². The number of cyclic esters (lactones) is 1. The van der Waals surface area contributed by atoms with E-state index in [1.807, 2.05) is 48.5 Å². The van der Waals surface area contributed by atoms with Gasteiger partial charge in [-0.05, 0) is 61.8 Å². The summed E-state index contributed by atoms with van der Waals surface area (Å²) < 4.78 is 27.9. The summed E-state index contributed by atoms with van der Waals surface area (Å²) >= 11 is 0. The van der Waals surface area contributed by atoms with E-state index in [2.05, 4.69) is 19.2 Å². The molecule has 0 radical (unpaired) electrons. The van der Waals surface area contributed by atoms with E-state index in [0.717, 1.165) is 17.5 Å². The third-order valence-corrected chi connectivity index (χ3v) is 7.81. The first-order valence-corrected chi connectivity index (χ1v) is 14.7. The standard InChI is InChI=1S/C33H47NO8/c1-22(2)25(17-24-13-14-28(39-6)30(18-24)40-16-10-15-38-5)19-27(29-20-26(31(35)42-29)33(3,4)37)34-32(36)41-21-23-11-8-7-9-12-23/h7-9,11-14,18,22,25-27,29,37H,10,15-17,19-21H2,1-6H3,(H,34,36). The first-order chi connectivity index (χ1) is 20.0. The number of hydrogen-bond acceptors (Lipinski definition) is 8. The Bertz CT molecular complexity index is 1130. The number of carbonyl (C=O) groups excluding carboxylic acids is 2. The van der Waals surface area contributed by atoms with Crippen LogP contribution < -0.4 is 14.8 Å². The number of methoxy groups -OCH3 is 2. The number of rotatable bonds is 16. The average molecular weight is 586 g/mol. The fourth-order valence-electron chi connectivity index (χ4n) is 5.22. The Balaban J connectivity index is 1.77. The Kier molecular flexibility index (Phi) is 12.5. The van der Waals surface area contributed by atoms with Crippen LogP contribution in [0.3, 0.4) is 0 Å². The minimum absolute atomic E-state index is 0.124. The number of esters is 1. The van der Waals surface area contributed by atoms with Gasteiger partial charge in [0.2, 0.25) is 0 Å². The number of nitrogens with one attached hydrogen (secondary N) is 1. The van der Waals surface area contributed by atoms with Gasteiger partial charge in [0.05, 0.1) is 31.3 Å². The molecule has 4 atom stereocenters. The molecule has 9 heteroatoms. The smallest absolute Gasteiger partial charge is 0.407 e. The molecule has 1 fully saturated rings. The van der Waals surface area contributed by atoms with Crippen molar-refractivity contribution in [2.45, 2.75) is 77.7 Å². The van der Waals surface area contributed by atoms with Crippen LogP contribution in [0.25, 0.3) is 0 Å². The molecule has 0 spiro atoms. The lowest BCUT2D eigenvalue weighted by Crippen LogP contribution is -2.45. The molecule has 4 unspecified atom stereocenters. The van der Waals surface area contributed by atoms with Crippen LogP contribution in [-0.2, 0) is 32.0 Å². The second-order valence-electron chi connectivity index (χ2n) is 11.9. The maximum Gasteiger partial charge on any atom is 0.407 e. The van der Waals surface area contributed by atoms with Gasteiger partial charge in [-0.25, -0.2) is 4.79 Å². The number of aliphatic hydroxyl groups is 1. The molecule has 0 aromatic heterocycles. The van der Waals surface area contributed by atoms with E-state index in [4.69, 9.17) is 23.7 Å². The summed E-state index contributed by atoms with van der Waals surface area (Å²) in [6.07, 6.45) is 1.16. The van der Waals surface area contributed by atoms with Gasteiger partial charge in [0.15, 0.2) is 11.5 Å². The predicted molar refractivity (Wildman–Crippen MR) is 159 cm³/mol. The van der Waals surface area contributed by atoms with Gasteiger partial charge in [-0.3, -0.25) is 4.79 Å². The molecule has 2 N–H and O–H groups in total. The fourth-order valence-corrected chi connectivity index (χ4v) is 5.22. The molecule has 2 aromatic rings. The number of ether oxygens (including phenoxy) is 5. The van der Waals surface area contributed by atoms with Crippen molar-refractivity contribution in [2.75, 3.05) is 27.4 Å². The molecule has 1 aliphatic heterocycles. The number of benzene rings is 2. The summed E-state index contributed by atoms with van der Waals surface area (Å²) in [5.41, 5.74) is 0.711. The molecule has 0 aliphatic carbocycles. The van der Waals surface area contributed by atoms with Gasteiger partial charge in [-0.15, -0.1) is 0 Å². The Morgan fingerprint density at radius 2 is 1.81 bits per heavy atom. The molecule has 232 valence electrons. The SMILES string of the molecule is COCCCOc1cc(CC(CC(NC(=O)OCc2ccccc2)C2CC(C(C)(C)O)C(=O)O2)C(C)C)ccc1OC. The Hall–Kier alpha value is -3.30. The van der Waals surface area contributed by atoms with Crippen molar-refractivity contribution in [3.63, 3.8) is 0 Å². The van der Waals surface area contributed by atoms with Gasteiger partial charge in [0.1, 0.15) is 12.7 Å². The molecule has 42 heavy (non-hydrogen) atoms. The normalized spacial score (nSPS) is 18.3. The van der Waals surface area contributed by atoms with Crippen LogP contribution in [0.4, 0.5) is 4.79 Å². The topological polar surface area (TPSA) is 113 Å². The van der Waals surface area contributed by atoms with E-state index in [0.29, 0.717) is 44.0 Å². The number of hydrogen-bond donors (Lipinski definition) is 2. The second-order valence-corrected chi connectivity index (χ2v) is 11.9. The van der Waals surface area contributed by atoms with E-state index < -0.39 is 35.7 Å². The van der Waals surface area contributed by atoms with Crippen molar-refractivity contribution < 1.29 is 38.4 Å². The van der Waals surface area contributed by atoms with Gasteiger partial charge in [0.25, 0.3) is 0 Å². The van der Waals surface area contributed by atoms with Crippen molar-refractivity contribution in [1.29, 1.82) is 0 Å². The molecule has 1 aliphatic rings. The summed E-state index contributed by atoms with van der Waals surface area (Å²) in [6.45, 7) is 8.74. The number of carbonyl (C=O) groups is 2. The molecule has 0 saturated carbocycles. The van der Waals surface area contributed by atoms with Crippen LogP contribution in [0.5, 0.6) is 11.5 Å². The van der Waals surface area contributed by atoms with E-state index >= 15 is 0 Å². The van der Waals surface area contributed by atoms with Gasteiger partial charge < -0.3 is 34.1 Å². The van der Waals surface area contributed by atoms with Gasteiger partial charge in [-0.1, -0.05) is 50.2 Å². The quantitative estimate of drug-likeness (QED) is 0.201. The highest BCUT2D eigenvalue weighted by Gasteiger charge is 2.46. The average Bonchev–Trinajstić information content (AvgIpc) is 3.36. The molecule has 1 saturated heterocycles. The Morgan fingerprint density at radius 1 is 1.07 bits per heavy atom. The Morgan fingerprint density at radius 3 is 2.43 bits per heavy atom. The maximum atomic E-state index is 13.0. The number of amides is 1. The van der Waals surface area contributed by atoms with Crippen molar-refractivity contribution in [2.24, 2.45) is 17.8 Å². The van der Waals surface area contributed by atoms with Gasteiger partial charge >= 0.3 is 12.1 Å². The summed E-state index contributed by atoms with van der Waals surface area (Å²) in [4.78, 5) is 25.7. The second kappa shape index (κ2) is 15.8. The van der Waals surface area contributed by atoms with Crippen molar-refractivity contribution in [3.8, 4) is 11.5 Å². The fraction of sp³-hybridized carbons (Fsp3) is 0.576. The largest absolute Gasteiger partial charge is 0.493 e. The van der Waals surface area contributed by atoms with Crippen LogP contribution in [0.2, 0.25) is 0 Å². The number of alkyl carbamates (subject to hydrolysis) is 1. The highest BCUT2D eigenvalue weighted by atomic mass is 16.6. The van der Waals surface area contributed by atoms with Crippen LogP contribution in [-0.4, -0.2) is 62.3 Å². The lowest BCUT2D eigenvalue weighted by Gasteiger charge is -2.30. The Labute approximate surface area is 249 Å². The molecule has 9 nitrogen and oxygen atoms in total. The van der Waals surface area contributed by atoms with Crippen molar-refractivity contribution in [3.05, 3.63) is 59.7 Å². The van der Waals surface area contributed by atoms with Gasteiger partial charge in [-0.2, -0.15) is 0 Å². The third-order valence-electron chi connectivity index (χ3n) is 7.81. The predicted octanol–water partition coefficient (Wildman–Crippen LogP) is 5.31. The van der Waals surface area contributed by atoms with E-state index in [1.54, 1.807) is 28.1 Å². The summed E-state index contributed by atoms with van der Waals surface area (Å²) in [5, 5.41) is 13.5. The molecular weight excluding hydrogens is 538 g/mol. The minimum Gasteiger partial charge on any atom is -0.493 e. The van der Waals surface area contributed by atoms with Gasteiger partial charge in [0, 0.05) is 26.6 Å². The molecule has 3 rings (SSSR count). The van der Waals surface area contributed by atoms with Crippen LogP contribution >= 0.6 is 0 Å². The van der Waals surface area contributed by atoms with E-state index in [1.165, 1.54) is 0 Å². The van der Waals surface area contributed by atoms with Crippen LogP contribution in [0.15, 0.2) is 48.5 Å². The molecule has 1 amide bonds. The zero-order valence-corrected chi connectivity index (χ0v) is 25.8. The van der Waals surface area contributed by atoms with Crippen LogP contribution in [0, 0.1) is 17.8 Å². The molecular formula is C33H47NO8. The molecule has 0 bridgehead atoms. The summed E-state index contributed by atoms with van der Waals surface area (Å²) in [7, 11) is 3.28. The molecule has 2 aromatic carbocycles. The van der Waals surface area contributed by atoms with Crippen molar-refractivity contribution in [1.82, 2.24) is 5.32 Å². The highest BCUT2D eigenvalue weighted by Crippen LogP contribution is 2.35. The summed E-state index contributed by atoms with van der Waals surface area (Å²) in [5.74, 6) is 0.579. The summed E-state index contributed by atoms with van der Waals surface area (Å²) in [6, 6.07) is 14.9.